The second kappa shape index (κ2) is 9.57. The Bertz CT molecular complexity index is 792. The number of sulfonamides is 1. The number of rotatable bonds is 6. The molecular weight excluding hydrogens is 398 g/mol. The standard InChI is InChI=1S/C20H30ClN3O3S/c1-2-23-11-7-8-17(23)15-22-20(25)16-9-10-18(21)19(14-16)28(26,27)24-12-5-3-4-6-13-24/h9-10,14,17H,2-8,11-13,15H2,1H3,(H,22,25)/p+1/t17-/m0/s1. The van der Waals surface area contributed by atoms with Crippen molar-refractivity contribution in [1.29, 1.82) is 0 Å². The molecule has 2 aliphatic rings. The van der Waals surface area contributed by atoms with Gasteiger partial charge in [-0.25, -0.2) is 8.42 Å². The maximum Gasteiger partial charge on any atom is 0.251 e. The van der Waals surface area contributed by atoms with Gasteiger partial charge in [-0.05, 0) is 38.0 Å². The Hall–Kier alpha value is -1.15. The molecule has 2 heterocycles. The predicted molar refractivity (Wildman–Crippen MR) is 110 cm³/mol. The quantitative estimate of drug-likeness (QED) is 0.724. The number of quaternary nitrogens is 1. The Morgan fingerprint density at radius 2 is 1.93 bits per heavy atom. The van der Waals surface area contributed by atoms with Crippen molar-refractivity contribution in [2.45, 2.75) is 56.4 Å². The summed E-state index contributed by atoms with van der Waals surface area (Å²) < 4.78 is 27.7. The van der Waals surface area contributed by atoms with Crippen LogP contribution in [-0.2, 0) is 10.0 Å². The summed E-state index contributed by atoms with van der Waals surface area (Å²) >= 11 is 6.22. The van der Waals surface area contributed by atoms with E-state index in [1.165, 1.54) is 27.8 Å². The molecule has 0 radical (unpaired) electrons. The average molecular weight is 429 g/mol. The summed E-state index contributed by atoms with van der Waals surface area (Å²) in [5.74, 6) is -0.244. The number of hydrogen-bond donors (Lipinski definition) is 2. The van der Waals surface area contributed by atoms with Crippen molar-refractivity contribution >= 4 is 27.5 Å². The van der Waals surface area contributed by atoms with Gasteiger partial charge in [0, 0.05) is 31.5 Å². The fourth-order valence-electron chi connectivity index (χ4n) is 4.28. The molecule has 6 nitrogen and oxygen atoms in total. The first kappa shape index (κ1) is 21.6. The monoisotopic (exact) mass is 428 g/mol. The highest BCUT2D eigenvalue weighted by Crippen LogP contribution is 2.27. The molecule has 1 amide bonds. The Balaban J connectivity index is 1.74. The van der Waals surface area contributed by atoms with E-state index in [0.717, 1.165) is 45.2 Å². The van der Waals surface area contributed by atoms with Gasteiger partial charge in [-0.2, -0.15) is 4.31 Å². The molecule has 8 heteroatoms. The van der Waals surface area contributed by atoms with Crippen molar-refractivity contribution < 1.29 is 18.1 Å². The molecular formula is C20H31ClN3O3S+. The number of carbonyl (C=O) groups excluding carboxylic acids is 1. The van der Waals surface area contributed by atoms with Crippen LogP contribution in [0.5, 0.6) is 0 Å². The van der Waals surface area contributed by atoms with Crippen LogP contribution in [0.4, 0.5) is 0 Å². The number of carbonyl (C=O) groups is 1. The summed E-state index contributed by atoms with van der Waals surface area (Å²) in [6.45, 7) is 5.99. The second-order valence-corrected chi connectivity index (χ2v) is 10.1. The second-order valence-electron chi connectivity index (χ2n) is 7.77. The summed E-state index contributed by atoms with van der Waals surface area (Å²) in [7, 11) is -3.70. The lowest BCUT2D eigenvalue weighted by Crippen LogP contribution is -3.14. The largest absolute Gasteiger partial charge is 0.346 e. The third-order valence-corrected chi connectivity index (χ3v) is 8.35. The molecule has 2 saturated heterocycles. The highest BCUT2D eigenvalue weighted by Gasteiger charge is 2.29. The van der Waals surface area contributed by atoms with Crippen LogP contribution in [0.15, 0.2) is 23.1 Å². The molecule has 0 aliphatic carbocycles. The zero-order chi connectivity index (χ0) is 20.1. The minimum absolute atomic E-state index is 0.0328. The third kappa shape index (κ3) is 4.87. The summed E-state index contributed by atoms with van der Waals surface area (Å²) in [5.41, 5.74) is 0.342. The highest BCUT2D eigenvalue weighted by atomic mass is 35.5. The van der Waals surface area contributed by atoms with Crippen LogP contribution in [0.1, 0.15) is 55.8 Å². The zero-order valence-corrected chi connectivity index (χ0v) is 18.1. The van der Waals surface area contributed by atoms with E-state index in [0.29, 0.717) is 31.2 Å². The SMILES string of the molecule is CC[NH+]1CCC[C@H]1CNC(=O)c1ccc(Cl)c(S(=O)(=O)N2CCCCCC2)c1. The molecule has 2 atom stereocenters. The van der Waals surface area contributed by atoms with Crippen molar-refractivity contribution in [3.8, 4) is 0 Å². The van der Waals surface area contributed by atoms with E-state index in [2.05, 4.69) is 12.2 Å². The van der Waals surface area contributed by atoms with Gasteiger partial charge in [0.2, 0.25) is 10.0 Å². The molecule has 0 spiro atoms. The molecule has 1 aromatic rings. The lowest BCUT2D eigenvalue weighted by atomic mass is 10.2. The molecule has 3 rings (SSSR count). The first-order valence-electron chi connectivity index (χ1n) is 10.4. The fraction of sp³-hybridized carbons (Fsp3) is 0.650. The first-order valence-corrected chi connectivity index (χ1v) is 12.2. The van der Waals surface area contributed by atoms with Gasteiger partial charge in [0.1, 0.15) is 10.9 Å². The molecule has 0 bridgehead atoms. The van der Waals surface area contributed by atoms with E-state index < -0.39 is 10.0 Å². The predicted octanol–water partition coefficient (Wildman–Crippen LogP) is 1.70. The van der Waals surface area contributed by atoms with Gasteiger partial charge in [-0.3, -0.25) is 4.79 Å². The third-order valence-electron chi connectivity index (χ3n) is 5.97. The van der Waals surface area contributed by atoms with Crippen LogP contribution in [0.3, 0.4) is 0 Å². The van der Waals surface area contributed by atoms with Crippen LogP contribution < -0.4 is 10.2 Å². The van der Waals surface area contributed by atoms with Gasteiger partial charge < -0.3 is 10.2 Å². The number of amides is 1. The first-order chi connectivity index (χ1) is 13.4. The van der Waals surface area contributed by atoms with Crippen molar-refractivity contribution in [1.82, 2.24) is 9.62 Å². The lowest BCUT2D eigenvalue weighted by molar-refractivity contribution is -0.909. The molecule has 28 heavy (non-hydrogen) atoms. The van der Waals surface area contributed by atoms with Gasteiger partial charge in [0.05, 0.1) is 24.7 Å². The average Bonchev–Trinajstić information content (AvgIpc) is 2.96. The van der Waals surface area contributed by atoms with Crippen LogP contribution in [-0.4, -0.2) is 57.4 Å². The van der Waals surface area contributed by atoms with E-state index in [9.17, 15) is 13.2 Å². The maximum atomic E-state index is 13.1. The van der Waals surface area contributed by atoms with E-state index in [1.54, 1.807) is 6.07 Å². The van der Waals surface area contributed by atoms with E-state index in [1.807, 2.05) is 0 Å². The maximum absolute atomic E-state index is 13.1. The number of halogens is 1. The van der Waals surface area contributed by atoms with Crippen LogP contribution in [0, 0.1) is 0 Å². The summed E-state index contributed by atoms with van der Waals surface area (Å²) in [6, 6.07) is 4.97. The molecule has 2 fully saturated rings. The summed E-state index contributed by atoms with van der Waals surface area (Å²) in [6.07, 6.45) is 6.09. The Labute approximate surface area is 173 Å². The summed E-state index contributed by atoms with van der Waals surface area (Å²) in [5, 5.41) is 3.15. The van der Waals surface area contributed by atoms with Crippen molar-refractivity contribution in [3.05, 3.63) is 28.8 Å². The number of likely N-dealkylation sites (N-methyl/N-ethyl adjacent to an activating group) is 1. The smallest absolute Gasteiger partial charge is 0.251 e. The minimum Gasteiger partial charge on any atom is -0.346 e. The van der Waals surface area contributed by atoms with Gasteiger partial charge in [0.15, 0.2) is 0 Å². The molecule has 0 aromatic heterocycles. The molecule has 0 saturated carbocycles. The molecule has 156 valence electrons. The number of benzene rings is 1. The fourth-order valence-corrected chi connectivity index (χ4v) is 6.29. The number of nitrogens with one attached hydrogen (secondary N) is 2. The van der Waals surface area contributed by atoms with Gasteiger partial charge in [0.25, 0.3) is 5.91 Å². The zero-order valence-electron chi connectivity index (χ0n) is 16.5. The Morgan fingerprint density at radius 3 is 2.61 bits per heavy atom. The molecule has 2 aliphatic heterocycles. The van der Waals surface area contributed by atoms with Crippen LogP contribution >= 0.6 is 11.6 Å². The van der Waals surface area contributed by atoms with Crippen molar-refractivity contribution in [2.24, 2.45) is 0 Å². The van der Waals surface area contributed by atoms with E-state index in [-0.39, 0.29) is 15.8 Å². The van der Waals surface area contributed by atoms with E-state index >= 15 is 0 Å². The molecule has 1 aromatic carbocycles. The number of likely N-dealkylation sites (tertiary alicyclic amines) is 1. The van der Waals surface area contributed by atoms with Crippen molar-refractivity contribution in [2.75, 3.05) is 32.7 Å². The topological polar surface area (TPSA) is 70.9 Å². The Kier molecular flexibility index (Phi) is 7.36. The van der Waals surface area contributed by atoms with Gasteiger partial charge >= 0.3 is 0 Å². The molecule has 1 unspecified atom stereocenters. The minimum atomic E-state index is -3.70. The summed E-state index contributed by atoms with van der Waals surface area (Å²) in [4.78, 5) is 14.2. The number of hydrogen-bond acceptors (Lipinski definition) is 3. The van der Waals surface area contributed by atoms with Gasteiger partial charge in [-0.15, -0.1) is 0 Å². The van der Waals surface area contributed by atoms with E-state index in [4.69, 9.17) is 11.6 Å². The van der Waals surface area contributed by atoms with Crippen LogP contribution in [0.2, 0.25) is 5.02 Å². The highest BCUT2D eigenvalue weighted by molar-refractivity contribution is 7.89. The van der Waals surface area contributed by atoms with Gasteiger partial charge in [-0.1, -0.05) is 24.4 Å². The Morgan fingerprint density at radius 1 is 1.21 bits per heavy atom. The van der Waals surface area contributed by atoms with Crippen molar-refractivity contribution in [3.63, 3.8) is 0 Å². The van der Waals surface area contributed by atoms with Crippen LogP contribution in [0.25, 0.3) is 0 Å². The number of nitrogens with zero attached hydrogens (tertiary/aromatic N) is 1. The normalized spacial score (nSPS) is 24.1. The molecule has 2 N–H and O–H groups in total. The lowest BCUT2D eigenvalue weighted by Gasteiger charge is -2.21.